The Kier molecular flexibility index (Phi) is 6.85. The largest absolute Gasteiger partial charge is 0.247 e. The summed E-state index contributed by atoms with van der Waals surface area (Å²) in [7, 11) is 0. The lowest BCUT2D eigenvalue weighted by Gasteiger charge is -2.27. The first kappa shape index (κ1) is 22.3. The third kappa shape index (κ3) is 5.18. The van der Waals surface area contributed by atoms with Crippen LogP contribution < -0.4 is 0 Å². The van der Waals surface area contributed by atoms with Crippen LogP contribution in [0, 0.1) is 17.6 Å². The minimum Gasteiger partial charge on any atom is -0.247 e. The molecule has 0 atom stereocenters. The van der Waals surface area contributed by atoms with E-state index in [0.717, 1.165) is 28.9 Å². The van der Waals surface area contributed by atoms with Crippen LogP contribution in [-0.4, -0.2) is 4.98 Å². The van der Waals surface area contributed by atoms with Gasteiger partial charge in [-0.05, 0) is 90.8 Å². The van der Waals surface area contributed by atoms with Crippen molar-refractivity contribution in [1.29, 1.82) is 0 Å². The highest BCUT2D eigenvalue weighted by molar-refractivity contribution is 5.72. The Hall–Kier alpha value is -2.55. The van der Waals surface area contributed by atoms with Gasteiger partial charge in [-0.1, -0.05) is 57.4 Å². The maximum absolute atomic E-state index is 13.7. The van der Waals surface area contributed by atoms with Gasteiger partial charge in [0, 0.05) is 11.1 Å². The van der Waals surface area contributed by atoms with Crippen LogP contribution in [0.5, 0.6) is 0 Å². The molecule has 1 aromatic heterocycles. The molecular formula is C30H33F2N. The number of hydrogen-bond donors (Lipinski definition) is 0. The van der Waals surface area contributed by atoms with Crippen molar-refractivity contribution in [3.63, 3.8) is 0 Å². The molecule has 2 aliphatic carbocycles. The highest BCUT2D eigenvalue weighted by atomic mass is 19.1. The summed E-state index contributed by atoms with van der Waals surface area (Å²) in [5.74, 6) is 0.727. The SMILES string of the molecule is Fc1ccc(-c2nc(-c3ccc(F)cc3)c(C3CCCCC3)cc2CC2CCCCC2)cc1. The summed E-state index contributed by atoms with van der Waals surface area (Å²) in [5.41, 5.74) is 6.45. The summed E-state index contributed by atoms with van der Waals surface area (Å²) in [6.45, 7) is 0. The van der Waals surface area contributed by atoms with Crippen LogP contribution in [0.2, 0.25) is 0 Å². The fourth-order valence-corrected chi connectivity index (χ4v) is 5.85. The molecule has 2 aliphatic rings. The van der Waals surface area contributed by atoms with Gasteiger partial charge in [0.05, 0.1) is 11.4 Å². The molecule has 1 nitrogen and oxygen atoms in total. The lowest BCUT2D eigenvalue weighted by Crippen LogP contribution is -2.13. The van der Waals surface area contributed by atoms with E-state index in [0.29, 0.717) is 11.8 Å². The molecule has 0 unspecified atom stereocenters. The van der Waals surface area contributed by atoms with Gasteiger partial charge >= 0.3 is 0 Å². The number of hydrogen-bond acceptors (Lipinski definition) is 1. The molecule has 33 heavy (non-hydrogen) atoms. The number of benzene rings is 2. The van der Waals surface area contributed by atoms with Gasteiger partial charge in [-0.15, -0.1) is 0 Å². The zero-order valence-corrected chi connectivity index (χ0v) is 19.3. The smallest absolute Gasteiger partial charge is 0.123 e. The van der Waals surface area contributed by atoms with E-state index in [1.807, 2.05) is 24.3 Å². The van der Waals surface area contributed by atoms with Gasteiger partial charge in [-0.3, -0.25) is 0 Å². The van der Waals surface area contributed by atoms with E-state index in [1.165, 1.54) is 99.6 Å². The predicted octanol–water partition coefficient (Wildman–Crippen LogP) is 8.86. The van der Waals surface area contributed by atoms with Crippen LogP contribution in [0.3, 0.4) is 0 Å². The average molecular weight is 446 g/mol. The van der Waals surface area contributed by atoms with Gasteiger partial charge in [-0.2, -0.15) is 0 Å². The van der Waals surface area contributed by atoms with Crippen molar-refractivity contribution in [2.45, 2.75) is 76.5 Å². The number of halogens is 2. The number of aromatic nitrogens is 1. The topological polar surface area (TPSA) is 12.9 Å². The Bertz CT molecular complexity index is 1060. The Labute approximate surface area is 196 Å². The van der Waals surface area contributed by atoms with Crippen molar-refractivity contribution in [3.8, 4) is 22.5 Å². The van der Waals surface area contributed by atoms with E-state index in [4.69, 9.17) is 4.98 Å². The molecule has 0 spiro atoms. The molecule has 0 aliphatic heterocycles. The molecule has 3 aromatic rings. The quantitative estimate of drug-likeness (QED) is 0.382. The van der Waals surface area contributed by atoms with E-state index in [9.17, 15) is 8.78 Å². The summed E-state index contributed by atoms with van der Waals surface area (Å²) in [6.07, 6.45) is 13.8. The lowest BCUT2D eigenvalue weighted by atomic mass is 9.79. The van der Waals surface area contributed by atoms with Crippen molar-refractivity contribution in [3.05, 3.63) is 77.4 Å². The molecule has 1 heterocycles. The molecule has 2 aromatic carbocycles. The van der Waals surface area contributed by atoms with Crippen molar-refractivity contribution in [1.82, 2.24) is 4.98 Å². The van der Waals surface area contributed by atoms with Crippen LogP contribution in [0.1, 0.15) is 81.3 Å². The summed E-state index contributed by atoms with van der Waals surface area (Å²) < 4.78 is 27.4. The van der Waals surface area contributed by atoms with E-state index in [1.54, 1.807) is 0 Å². The number of nitrogens with zero attached hydrogens (tertiary/aromatic N) is 1. The van der Waals surface area contributed by atoms with Crippen LogP contribution in [0.15, 0.2) is 54.6 Å². The fraction of sp³-hybridized carbons (Fsp3) is 0.433. The minimum absolute atomic E-state index is 0.231. The zero-order valence-electron chi connectivity index (χ0n) is 19.3. The van der Waals surface area contributed by atoms with Gasteiger partial charge in [0.15, 0.2) is 0 Å². The van der Waals surface area contributed by atoms with Crippen LogP contribution in [0.4, 0.5) is 8.78 Å². The van der Waals surface area contributed by atoms with E-state index >= 15 is 0 Å². The van der Waals surface area contributed by atoms with Crippen molar-refractivity contribution < 1.29 is 8.78 Å². The molecule has 0 bridgehead atoms. The van der Waals surface area contributed by atoms with Crippen molar-refractivity contribution >= 4 is 0 Å². The van der Waals surface area contributed by atoms with E-state index in [-0.39, 0.29) is 11.6 Å². The molecule has 5 rings (SSSR count). The Morgan fingerprint density at radius 3 is 1.73 bits per heavy atom. The molecule has 0 amide bonds. The normalized spacial score (nSPS) is 17.9. The summed E-state index contributed by atoms with van der Waals surface area (Å²) in [5, 5.41) is 0. The standard InChI is InChI=1S/C30H33F2N/c31-26-15-11-23(12-16-26)29-25(19-21-7-3-1-4-8-21)20-28(22-9-5-2-6-10-22)30(33-29)24-13-17-27(32)18-14-24/h11-18,20-22H,1-10,19H2. The van der Waals surface area contributed by atoms with Gasteiger partial charge < -0.3 is 0 Å². The number of rotatable bonds is 5. The average Bonchev–Trinajstić information content (AvgIpc) is 2.86. The van der Waals surface area contributed by atoms with E-state index in [2.05, 4.69) is 6.07 Å². The van der Waals surface area contributed by atoms with E-state index < -0.39 is 0 Å². The fourth-order valence-electron chi connectivity index (χ4n) is 5.85. The Morgan fingerprint density at radius 2 is 1.15 bits per heavy atom. The second kappa shape index (κ2) is 10.2. The summed E-state index contributed by atoms with van der Waals surface area (Å²) >= 11 is 0. The third-order valence-corrected chi connectivity index (χ3v) is 7.64. The highest BCUT2D eigenvalue weighted by Crippen LogP contribution is 2.41. The Balaban J connectivity index is 1.65. The molecule has 2 saturated carbocycles. The van der Waals surface area contributed by atoms with Gasteiger partial charge in [0.25, 0.3) is 0 Å². The van der Waals surface area contributed by atoms with Gasteiger partial charge in [0.2, 0.25) is 0 Å². The lowest BCUT2D eigenvalue weighted by molar-refractivity contribution is 0.356. The maximum Gasteiger partial charge on any atom is 0.123 e. The van der Waals surface area contributed by atoms with Crippen LogP contribution in [-0.2, 0) is 6.42 Å². The molecule has 3 heteroatoms. The molecule has 0 radical (unpaired) electrons. The first-order valence-corrected chi connectivity index (χ1v) is 12.7. The maximum atomic E-state index is 13.7. The van der Waals surface area contributed by atoms with Crippen LogP contribution >= 0.6 is 0 Å². The zero-order chi connectivity index (χ0) is 22.6. The Morgan fingerprint density at radius 1 is 0.636 bits per heavy atom. The number of pyridine rings is 1. The van der Waals surface area contributed by atoms with Gasteiger partial charge in [-0.25, -0.2) is 13.8 Å². The van der Waals surface area contributed by atoms with Crippen LogP contribution in [0.25, 0.3) is 22.5 Å². The summed E-state index contributed by atoms with van der Waals surface area (Å²) in [4.78, 5) is 5.27. The first-order valence-electron chi connectivity index (χ1n) is 12.7. The molecule has 172 valence electrons. The second-order valence-electron chi connectivity index (χ2n) is 9.99. The first-order chi connectivity index (χ1) is 16.2. The molecule has 0 saturated heterocycles. The molecule has 0 N–H and O–H groups in total. The molecular weight excluding hydrogens is 412 g/mol. The van der Waals surface area contributed by atoms with Crippen molar-refractivity contribution in [2.75, 3.05) is 0 Å². The minimum atomic E-state index is -0.231. The monoisotopic (exact) mass is 445 g/mol. The molecule has 2 fully saturated rings. The third-order valence-electron chi connectivity index (χ3n) is 7.64. The second-order valence-corrected chi connectivity index (χ2v) is 9.99. The van der Waals surface area contributed by atoms with Gasteiger partial charge in [0.1, 0.15) is 11.6 Å². The summed E-state index contributed by atoms with van der Waals surface area (Å²) in [6, 6.07) is 15.9. The van der Waals surface area contributed by atoms with Crippen molar-refractivity contribution in [2.24, 2.45) is 5.92 Å². The predicted molar refractivity (Wildman–Crippen MR) is 131 cm³/mol. The highest BCUT2D eigenvalue weighted by Gasteiger charge is 2.24.